The van der Waals surface area contributed by atoms with Gasteiger partial charge in [-0.25, -0.2) is 17.2 Å². The molecule has 23 heavy (non-hydrogen) atoms. The maximum atomic E-state index is 14.0. The summed E-state index contributed by atoms with van der Waals surface area (Å²) < 4.78 is 53.8. The summed E-state index contributed by atoms with van der Waals surface area (Å²) in [5.41, 5.74) is 0.429. The van der Waals surface area contributed by atoms with Gasteiger partial charge in [-0.05, 0) is 38.4 Å². The summed E-state index contributed by atoms with van der Waals surface area (Å²) in [4.78, 5) is 1.29. The van der Waals surface area contributed by atoms with Gasteiger partial charge >= 0.3 is 0 Å². The summed E-state index contributed by atoms with van der Waals surface area (Å²) in [6, 6.07) is 10.9. The fraction of sp³-hybridized carbons (Fsp3) is 0.250. The average Bonchev–Trinajstić information content (AvgIpc) is 2.47. The molecule has 0 radical (unpaired) electrons. The van der Waals surface area contributed by atoms with Crippen LogP contribution in [0.15, 0.2) is 53.4 Å². The van der Waals surface area contributed by atoms with Gasteiger partial charge in [0, 0.05) is 19.2 Å². The van der Waals surface area contributed by atoms with Crippen LogP contribution in [0.25, 0.3) is 0 Å². The molecule has 0 aromatic heterocycles. The molecule has 0 amide bonds. The molecule has 0 N–H and O–H groups in total. The van der Waals surface area contributed by atoms with Crippen molar-refractivity contribution in [2.45, 2.75) is 4.90 Å². The standard InChI is InChI=1S/C16H18F2N2O2S/c1-19(2)10-11-20(14-6-4-3-5-7-14)23(21,22)16-9-8-13(17)12-15(16)18/h3-9,12H,10-11H2,1-2H3. The SMILES string of the molecule is CN(C)CCN(c1ccccc1)S(=O)(=O)c1ccc(F)cc1F. The van der Waals surface area contributed by atoms with Crippen molar-refractivity contribution in [3.05, 3.63) is 60.2 Å². The van der Waals surface area contributed by atoms with Gasteiger partial charge in [-0.1, -0.05) is 18.2 Å². The molecule has 0 aliphatic rings. The first-order chi connectivity index (χ1) is 10.8. The Labute approximate surface area is 135 Å². The van der Waals surface area contributed by atoms with Crippen molar-refractivity contribution in [3.63, 3.8) is 0 Å². The fourth-order valence-corrected chi connectivity index (χ4v) is 3.58. The smallest absolute Gasteiger partial charge is 0.267 e. The summed E-state index contributed by atoms with van der Waals surface area (Å²) in [5, 5.41) is 0. The molecule has 2 aromatic rings. The molecule has 0 heterocycles. The van der Waals surface area contributed by atoms with Crippen LogP contribution in [0.2, 0.25) is 0 Å². The van der Waals surface area contributed by atoms with Crippen molar-refractivity contribution in [3.8, 4) is 0 Å². The van der Waals surface area contributed by atoms with Crippen LogP contribution in [0.3, 0.4) is 0 Å². The number of likely N-dealkylation sites (N-methyl/N-ethyl adjacent to an activating group) is 1. The highest BCUT2D eigenvalue weighted by Crippen LogP contribution is 2.25. The Balaban J connectivity index is 2.48. The van der Waals surface area contributed by atoms with Crippen molar-refractivity contribution < 1.29 is 17.2 Å². The number of benzene rings is 2. The van der Waals surface area contributed by atoms with Crippen LogP contribution in [0.5, 0.6) is 0 Å². The Morgan fingerprint density at radius 2 is 1.61 bits per heavy atom. The zero-order chi connectivity index (χ0) is 17.0. The van der Waals surface area contributed by atoms with Gasteiger partial charge in [-0.2, -0.15) is 0 Å². The molecule has 2 aromatic carbocycles. The number of hydrogen-bond acceptors (Lipinski definition) is 3. The Hall–Kier alpha value is -1.99. The molecular weight excluding hydrogens is 322 g/mol. The third-order valence-electron chi connectivity index (χ3n) is 3.26. The number of sulfonamides is 1. The number of rotatable bonds is 6. The van der Waals surface area contributed by atoms with E-state index in [2.05, 4.69) is 0 Å². The summed E-state index contributed by atoms with van der Waals surface area (Å²) in [5.74, 6) is -1.92. The Kier molecular flexibility index (Phi) is 5.33. The van der Waals surface area contributed by atoms with Crippen LogP contribution in [-0.2, 0) is 10.0 Å². The van der Waals surface area contributed by atoms with Crippen LogP contribution >= 0.6 is 0 Å². The van der Waals surface area contributed by atoms with Gasteiger partial charge < -0.3 is 4.90 Å². The van der Waals surface area contributed by atoms with E-state index in [1.54, 1.807) is 30.3 Å². The first kappa shape index (κ1) is 17.4. The lowest BCUT2D eigenvalue weighted by atomic mass is 10.3. The summed E-state index contributed by atoms with van der Waals surface area (Å²) >= 11 is 0. The van der Waals surface area contributed by atoms with E-state index in [9.17, 15) is 17.2 Å². The highest BCUT2D eigenvalue weighted by molar-refractivity contribution is 7.92. The maximum absolute atomic E-state index is 14.0. The molecule has 0 bridgehead atoms. The first-order valence-electron chi connectivity index (χ1n) is 7.00. The molecule has 7 heteroatoms. The number of halogens is 2. The van der Waals surface area contributed by atoms with E-state index in [-0.39, 0.29) is 6.54 Å². The minimum Gasteiger partial charge on any atom is -0.308 e. The Morgan fingerprint density at radius 3 is 2.17 bits per heavy atom. The van der Waals surface area contributed by atoms with Gasteiger partial charge in [0.2, 0.25) is 0 Å². The first-order valence-corrected chi connectivity index (χ1v) is 8.44. The second-order valence-corrected chi connectivity index (χ2v) is 7.12. The number of anilines is 1. The fourth-order valence-electron chi connectivity index (χ4n) is 2.08. The molecule has 0 fully saturated rings. The number of nitrogens with zero attached hydrogens (tertiary/aromatic N) is 2. The summed E-state index contributed by atoms with van der Waals surface area (Å²) in [6.07, 6.45) is 0. The van der Waals surface area contributed by atoms with E-state index in [0.29, 0.717) is 18.3 Å². The van der Waals surface area contributed by atoms with Crippen molar-refractivity contribution in [1.29, 1.82) is 0 Å². The molecule has 0 saturated carbocycles. The molecule has 124 valence electrons. The lowest BCUT2D eigenvalue weighted by Gasteiger charge is -2.26. The molecular formula is C16H18F2N2O2S. The van der Waals surface area contributed by atoms with E-state index in [1.165, 1.54) is 0 Å². The lowest BCUT2D eigenvalue weighted by molar-refractivity contribution is 0.419. The van der Waals surface area contributed by atoms with Crippen molar-refractivity contribution in [2.24, 2.45) is 0 Å². The van der Waals surface area contributed by atoms with Gasteiger partial charge in [0.25, 0.3) is 10.0 Å². The lowest BCUT2D eigenvalue weighted by Crippen LogP contribution is -2.37. The van der Waals surface area contributed by atoms with E-state index >= 15 is 0 Å². The van der Waals surface area contributed by atoms with E-state index < -0.39 is 26.6 Å². The van der Waals surface area contributed by atoms with Crippen molar-refractivity contribution in [1.82, 2.24) is 4.90 Å². The predicted molar refractivity (Wildman–Crippen MR) is 85.9 cm³/mol. The molecule has 0 aliphatic carbocycles. The van der Waals surface area contributed by atoms with E-state index in [4.69, 9.17) is 0 Å². The number of hydrogen-bond donors (Lipinski definition) is 0. The largest absolute Gasteiger partial charge is 0.308 e. The second kappa shape index (κ2) is 7.06. The monoisotopic (exact) mass is 340 g/mol. The third kappa shape index (κ3) is 4.05. The Morgan fingerprint density at radius 1 is 0.957 bits per heavy atom. The van der Waals surface area contributed by atoms with Crippen molar-refractivity contribution >= 4 is 15.7 Å². The van der Waals surface area contributed by atoms with Gasteiger partial charge in [0.1, 0.15) is 16.5 Å². The minimum atomic E-state index is -4.13. The maximum Gasteiger partial charge on any atom is 0.267 e. The molecule has 2 rings (SSSR count). The van der Waals surface area contributed by atoms with E-state index in [1.807, 2.05) is 19.0 Å². The van der Waals surface area contributed by atoms with Crippen molar-refractivity contribution in [2.75, 3.05) is 31.5 Å². The minimum absolute atomic E-state index is 0.149. The van der Waals surface area contributed by atoms with Crippen LogP contribution < -0.4 is 4.31 Å². The molecule has 4 nitrogen and oxygen atoms in total. The molecule has 0 saturated heterocycles. The normalized spacial score (nSPS) is 11.7. The molecule has 0 unspecified atom stereocenters. The number of para-hydroxylation sites is 1. The summed E-state index contributed by atoms with van der Waals surface area (Å²) in [6.45, 7) is 0.604. The van der Waals surface area contributed by atoms with Gasteiger partial charge in [0.05, 0.1) is 5.69 Å². The summed E-state index contributed by atoms with van der Waals surface area (Å²) in [7, 11) is -0.505. The quantitative estimate of drug-likeness (QED) is 0.812. The third-order valence-corrected chi connectivity index (χ3v) is 5.12. The van der Waals surface area contributed by atoms with E-state index in [0.717, 1.165) is 16.4 Å². The molecule has 0 aliphatic heterocycles. The highest BCUT2D eigenvalue weighted by atomic mass is 32.2. The second-order valence-electron chi connectivity index (χ2n) is 5.29. The topological polar surface area (TPSA) is 40.6 Å². The zero-order valence-corrected chi connectivity index (χ0v) is 13.7. The Bertz CT molecular complexity index is 765. The zero-order valence-electron chi connectivity index (χ0n) is 12.9. The van der Waals surface area contributed by atoms with Crippen LogP contribution in [0, 0.1) is 11.6 Å². The van der Waals surface area contributed by atoms with Gasteiger partial charge in [0.15, 0.2) is 0 Å². The molecule has 0 atom stereocenters. The molecule has 0 spiro atoms. The predicted octanol–water partition coefficient (Wildman–Crippen LogP) is 2.72. The average molecular weight is 340 g/mol. The van der Waals surface area contributed by atoms with Crippen LogP contribution in [0.1, 0.15) is 0 Å². The van der Waals surface area contributed by atoms with Gasteiger partial charge in [-0.3, -0.25) is 4.31 Å². The van der Waals surface area contributed by atoms with Crippen LogP contribution in [-0.4, -0.2) is 40.5 Å². The van der Waals surface area contributed by atoms with Crippen LogP contribution in [0.4, 0.5) is 14.5 Å². The highest BCUT2D eigenvalue weighted by Gasteiger charge is 2.28. The van der Waals surface area contributed by atoms with Gasteiger partial charge in [-0.15, -0.1) is 0 Å².